The number of benzene rings is 2. The molecule has 176 valence electrons. The van der Waals surface area contributed by atoms with Crippen molar-refractivity contribution in [1.82, 2.24) is 0 Å². The maximum atomic E-state index is 5.97. The van der Waals surface area contributed by atoms with Gasteiger partial charge in [0.25, 0.3) is 0 Å². The van der Waals surface area contributed by atoms with E-state index in [9.17, 15) is 0 Å². The molecule has 0 amide bonds. The molecule has 0 aliphatic carbocycles. The van der Waals surface area contributed by atoms with Crippen molar-refractivity contribution in [3.8, 4) is 0 Å². The van der Waals surface area contributed by atoms with Crippen molar-refractivity contribution in [2.75, 3.05) is 47.4 Å². The van der Waals surface area contributed by atoms with E-state index in [-0.39, 0.29) is 0 Å². The van der Waals surface area contributed by atoms with Gasteiger partial charge in [-0.25, -0.2) is 0 Å². The first-order valence-electron chi connectivity index (χ1n) is 12.0. The highest BCUT2D eigenvalue weighted by atomic mass is 33.1. The number of aryl methyl sites for hydroxylation is 1. The topological polar surface area (TPSA) is 58.5 Å². The zero-order chi connectivity index (χ0) is 22.9. The summed E-state index contributed by atoms with van der Waals surface area (Å²) in [5, 5.41) is 0. The van der Waals surface area contributed by atoms with Gasteiger partial charge in [-0.15, -0.1) is 23.3 Å². The Morgan fingerprint density at radius 1 is 0.750 bits per heavy atom. The van der Waals surface area contributed by atoms with Gasteiger partial charge < -0.3 is 21.3 Å². The summed E-state index contributed by atoms with van der Waals surface area (Å²) >= 11 is 6.44. The summed E-state index contributed by atoms with van der Waals surface area (Å²) < 4.78 is 0. The smallest absolute Gasteiger partial charge is 0.0370 e. The van der Waals surface area contributed by atoms with Crippen molar-refractivity contribution in [3.05, 3.63) is 48.0 Å². The van der Waals surface area contributed by atoms with E-state index in [1.807, 2.05) is 12.1 Å². The van der Waals surface area contributed by atoms with Crippen LogP contribution < -0.4 is 21.3 Å². The molecule has 4 N–H and O–H groups in total. The molecule has 4 rings (SSSR count). The van der Waals surface area contributed by atoms with Crippen LogP contribution in [0, 0.1) is 18.8 Å². The molecule has 2 aromatic rings. The number of piperidine rings is 2. The number of hydrogen-bond acceptors (Lipinski definition) is 6. The largest absolute Gasteiger partial charge is 0.399 e. The van der Waals surface area contributed by atoms with Gasteiger partial charge in [0.1, 0.15) is 0 Å². The second-order valence-corrected chi connectivity index (χ2v) is 9.42. The molecule has 0 radical (unpaired) electrons. The second kappa shape index (κ2) is 12.5. The highest BCUT2D eigenvalue weighted by Gasteiger charge is 2.22. The summed E-state index contributed by atoms with van der Waals surface area (Å²) in [7, 11) is 0. The van der Waals surface area contributed by atoms with Crippen LogP contribution in [-0.4, -0.2) is 26.2 Å². The third-order valence-corrected chi connectivity index (χ3v) is 7.33. The number of nitrogens with zero attached hydrogens (tertiary/aromatic N) is 2. The van der Waals surface area contributed by atoms with Crippen LogP contribution in [0.25, 0.3) is 0 Å². The summed E-state index contributed by atoms with van der Waals surface area (Å²) in [6.07, 6.45) is 9.55. The minimum absolute atomic E-state index is 0.850. The molecule has 4 nitrogen and oxygen atoms in total. The Hall–Kier alpha value is -1.66. The molecule has 0 spiro atoms. The van der Waals surface area contributed by atoms with E-state index in [0.717, 1.165) is 23.2 Å². The quantitative estimate of drug-likeness (QED) is 0.229. The average Bonchev–Trinajstić information content (AvgIpc) is 2.84. The maximum Gasteiger partial charge on any atom is 0.0370 e. The third-order valence-electron chi connectivity index (χ3n) is 7.33. The standard InChI is InChI=1S/C26H38N4.H2S2/c1-20-19-25(9-10-26(20)28)30-17-13-22(14-18-30)4-2-3-21-11-15-29(16-12-21)24-7-5-23(27)6-8-24;1-2/h5-10,19,21-22H,2-4,11-18,27-28H2,1H3;1-2H. The van der Waals surface area contributed by atoms with Gasteiger partial charge in [-0.2, -0.15) is 0 Å². The monoisotopic (exact) mass is 472 g/mol. The summed E-state index contributed by atoms with van der Waals surface area (Å²) in [5.41, 5.74) is 17.4. The lowest BCUT2D eigenvalue weighted by Gasteiger charge is -2.35. The van der Waals surface area contributed by atoms with E-state index in [1.54, 1.807) is 0 Å². The predicted molar refractivity (Wildman–Crippen MR) is 148 cm³/mol. The molecule has 0 bridgehead atoms. The molecular formula is C26H40N4S2. The number of anilines is 4. The lowest BCUT2D eigenvalue weighted by atomic mass is 9.86. The Labute approximate surface area is 205 Å². The summed E-state index contributed by atoms with van der Waals surface area (Å²) in [5.74, 6) is 1.82. The summed E-state index contributed by atoms with van der Waals surface area (Å²) in [6.45, 7) is 6.86. The molecule has 2 fully saturated rings. The van der Waals surface area contributed by atoms with Crippen LogP contribution in [-0.2, 0) is 0 Å². The minimum atomic E-state index is 0.850. The van der Waals surface area contributed by atoms with Crippen LogP contribution in [0.4, 0.5) is 22.7 Å². The predicted octanol–water partition coefficient (Wildman–Crippen LogP) is 6.22. The molecule has 0 aromatic heterocycles. The lowest BCUT2D eigenvalue weighted by molar-refractivity contribution is 0.325. The summed E-state index contributed by atoms with van der Waals surface area (Å²) in [6, 6.07) is 14.8. The molecular weight excluding hydrogens is 432 g/mol. The van der Waals surface area contributed by atoms with Crippen molar-refractivity contribution in [3.63, 3.8) is 0 Å². The van der Waals surface area contributed by atoms with Crippen molar-refractivity contribution in [1.29, 1.82) is 0 Å². The van der Waals surface area contributed by atoms with Gasteiger partial charge in [0.2, 0.25) is 0 Å². The molecule has 32 heavy (non-hydrogen) atoms. The Morgan fingerprint density at radius 2 is 1.22 bits per heavy atom. The number of hydrogen-bond donors (Lipinski definition) is 4. The van der Waals surface area contributed by atoms with E-state index in [1.165, 1.54) is 88.1 Å². The van der Waals surface area contributed by atoms with E-state index in [2.05, 4.69) is 70.4 Å². The molecule has 2 saturated heterocycles. The van der Waals surface area contributed by atoms with Crippen LogP contribution in [0.15, 0.2) is 42.5 Å². The molecule has 2 heterocycles. The number of rotatable bonds is 6. The molecule has 6 heteroatoms. The van der Waals surface area contributed by atoms with Gasteiger partial charge in [-0.1, -0.05) is 19.3 Å². The molecule has 0 unspecified atom stereocenters. The van der Waals surface area contributed by atoms with Crippen molar-refractivity contribution >= 4 is 46.1 Å². The normalized spacial score (nSPS) is 17.7. The van der Waals surface area contributed by atoms with Gasteiger partial charge >= 0.3 is 0 Å². The van der Waals surface area contributed by atoms with E-state index >= 15 is 0 Å². The van der Waals surface area contributed by atoms with E-state index < -0.39 is 0 Å². The number of nitrogen functional groups attached to an aromatic ring is 2. The van der Waals surface area contributed by atoms with Gasteiger partial charge in [0, 0.05) is 48.9 Å². The fraction of sp³-hybridized carbons (Fsp3) is 0.538. The Bertz CT molecular complexity index is 811. The molecule has 2 aromatic carbocycles. The molecule has 2 aliphatic heterocycles. The number of thiol groups is 2. The van der Waals surface area contributed by atoms with Crippen LogP contribution in [0.5, 0.6) is 0 Å². The summed E-state index contributed by atoms with van der Waals surface area (Å²) in [4.78, 5) is 5.06. The molecule has 0 atom stereocenters. The minimum Gasteiger partial charge on any atom is -0.399 e. The Morgan fingerprint density at radius 3 is 1.72 bits per heavy atom. The fourth-order valence-electron chi connectivity index (χ4n) is 5.20. The van der Waals surface area contributed by atoms with Crippen molar-refractivity contribution < 1.29 is 0 Å². The van der Waals surface area contributed by atoms with Crippen LogP contribution >= 0.6 is 23.3 Å². The van der Waals surface area contributed by atoms with Crippen LogP contribution in [0.2, 0.25) is 0 Å². The molecule has 0 saturated carbocycles. The van der Waals surface area contributed by atoms with Gasteiger partial charge in [-0.3, -0.25) is 0 Å². The first kappa shape index (κ1) is 25.0. The van der Waals surface area contributed by atoms with Crippen LogP contribution in [0.1, 0.15) is 50.5 Å². The third kappa shape index (κ3) is 6.92. The molecule has 2 aliphatic rings. The highest BCUT2D eigenvalue weighted by Crippen LogP contribution is 2.31. The zero-order valence-corrected chi connectivity index (χ0v) is 21.2. The fourth-order valence-corrected chi connectivity index (χ4v) is 5.20. The first-order valence-corrected chi connectivity index (χ1v) is 13.6. The van der Waals surface area contributed by atoms with E-state index in [4.69, 9.17) is 11.5 Å². The average molecular weight is 473 g/mol. The van der Waals surface area contributed by atoms with Gasteiger partial charge in [0.05, 0.1) is 0 Å². The van der Waals surface area contributed by atoms with Crippen LogP contribution in [0.3, 0.4) is 0 Å². The van der Waals surface area contributed by atoms with Gasteiger partial charge in [-0.05, 0) is 92.5 Å². The lowest BCUT2D eigenvalue weighted by Crippen LogP contribution is -2.34. The Kier molecular flexibility index (Phi) is 9.79. The number of nitrogens with two attached hydrogens (primary N) is 2. The van der Waals surface area contributed by atoms with Crippen molar-refractivity contribution in [2.24, 2.45) is 11.8 Å². The first-order chi connectivity index (χ1) is 15.6. The highest BCUT2D eigenvalue weighted by molar-refractivity contribution is 8.59. The Balaban J connectivity index is 0.00000141. The SMILES string of the molecule is Cc1cc(N2CCC(CCCC3CCN(c4ccc(N)cc4)CC3)CC2)ccc1N.SS. The van der Waals surface area contributed by atoms with Crippen molar-refractivity contribution in [2.45, 2.75) is 51.9 Å². The second-order valence-electron chi connectivity index (χ2n) is 9.42. The van der Waals surface area contributed by atoms with E-state index in [0.29, 0.717) is 0 Å². The maximum absolute atomic E-state index is 5.97. The van der Waals surface area contributed by atoms with Gasteiger partial charge in [0.15, 0.2) is 0 Å². The zero-order valence-electron chi connectivity index (χ0n) is 19.4.